The molecule has 0 atom stereocenters. The van der Waals surface area contributed by atoms with Crippen molar-refractivity contribution in [3.05, 3.63) is 24.3 Å². The molecule has 0 heterocycles. The summed E-state index contributed by atoms with van der Waals surface area (Å²) in [6.45, 7) is 9.70. The van der Waals surface area contributed by atoms with Crippen LogP contribution in [0.4, 0.5) is 5.69 Å². The monoisotopic (exact) mass is 304 g/mol. The van der Waals surface area contributed by atoms with Crippen molar-refractivity contribution in [3.63, 3.8) is 0 Å². The van der Waals surface area contributed by atoms with Crippen LogP contribution in [0.15, 0.2) is 24.3 Å². The Hall–Kier alpha value is -1.22. The second kappa shape index (κ2) is 9.73. The van der Waals surface area contributed by atoms with E-state index in [1.54, 1.807) is 0 Å². The van der Waals surface area contributed by atoms with E-state index in [1.165, 1.54) is 31.4 Å². The van der Waals surface area contributed by atoms with Crippen LogP contribution in [-0.4, -0.2) is 37.7 Å². The molecule has 0 radical (unpaired) electrons. The van der Waals surface area contributed by atoms with E-state index in [0.717, 1.165) is 50.9 Å². The van der Waals surface area contributed by atoms with Crippen molar-refractivity contribution in [2.45, 2.75) is 46.0 Å². The van der Waals surface area contributed by atoms with E-state index in [4.69, 9.17) is 4.74 Å². The molecule has 1 aromatic carbocycles. The van der Waals surface area contributed by atoms with Gasteiger partial charge in [0.25, 0.3) is 0 Å². The zero-order valence-electron chi connectivity index (χ0n) is 14.3. The van der Waals surface area contributed by atoms with Crippen molar-refractivity contribution in [2.75, 3.05) is 38.1 Å². The highest BCUT2D eigenvalue weighted by molar-refractivity contribution is 5.46. The standard InChI is InChI=1S/C19H32N2O/c1-3-21(4-2)14-7-15-22-19-12-10-18(11-13-19)20-16-17-8-5-6-9-17/h10-13,17,20H,3-9,14-16H2,1-2H3. The van der Waals surface area contributed by atoms with Gasteiger partial charge in [0, 0.05) is 18.8 Å². The molecule has 124 valence electrons. The third kappa shape index (κ3) is 5.88. The van der Waals surface area contributed by atoms with Crippen LogP contribution in [0.25, 0.3) is 0 Å². The van der Waals surface area contributed by atoms with Crippen molar-refractivity contribution in [1.29, 1.82) is 0 Å². The first-order valence-corrected chi connectivity index (χ1v) is 9.01. The van der Waals surface area contributed by atoms with Gasteiger partial charge in [0.05, 0.1) is 6.61 Å². The van der Waals surface area contributed by atoms with Crippen molar-refractivity contribution in [2.24, 2.45) is 5.92 Å². The lowest BCUT2D eigenvalue weighted by atomic mass is 10.1. The second-order valence-electron chi connectivity index (χ2n) is 6.28. The molecule has 1 aliphatic rings. The maximum absolute atomic E-state index is 5.82. The predicted octanol–water partition coefficient (Wildman–Crippen LogP) is 4.40. The Kier molecular flexibility index (Phi) is 7.58. The highest BCUT2D eigenvalue weighted by Crippen LogP contribution is 2.25. The second-order valence-corrected chi connectivity index (χ2v) is 6.28. The SMILES string of the molecule is CCN(CC)CCCOc1ccc(NCC2CCCC2)cc1. The molecule has 0 spiro atoms. The molecule has 2 rings (SSSR count). The van der Waals surface area contributed by atoms with Crippen LogP contribution < -0.4 is 10.1 Å². The van der Waals surface area contributed by atoms with E-state index in [-0.39, 0.29) is 0 Å². The molecule has 1 N–H and O–H groups in total. The van der Waals surface area contributed by atoms with Gasteiger partial charge in [0.2, 0.25) is 0 Å². The van der Waals surface area contributed by atoms with Crippen LogP contribution in [0.3, 0.4) is 0 Å². The van der Waals surface area contributed by atoms with Gasteiger partial charge >= 0.3 is 0 Å². The van der Waals surface area contributed by atoms with Gasteiger partial charge in [-0.3, -0.25) is 0 Å². The molecule has 1 saturated carbocycles. The minimum atomic E-state index is 0.797. The topological polar surface area (TPSA) is 24.5 Å². The molecule has 0 saturated heterocycles. The first-order chi connectivity index (χ1) is 10.8. The number of benzene rings is 1. The predicted molar refractivity (Wildman–Crippen MR) is 94.8 cm³/mol. The number of nitrogens with zero attached hydrogens (tertiary/aromatic N) is 1. The Morgan fingerprint density at radius 1 is 1.09 bits per heavy atom. The number of nitrogens with one attached hydrogen (secondary N) is 1. The Morgan fingerprint density at radius 3 is 2.41 bits per heavy atom. The van der Waals surface area contributed by atoms with Gasteiger partial charge < -0.3 is 15.0 Å². The van der Waals surface area contributed by atoms with Crippen LogP contribution >= 0.6 is 0 Å². The fraction of sp³-hybridized carbons (Fsp3) is 0.684. The Labute approximate surface area is 136 Å². The van der Waals surface area contributed by atoms with E-state index in [1.807, 2.05) is 0 Å². The molecular formula is C19H32N2O. The number of rotatable bonds is 10. The van der Waals surface area contributed by atoms with Gasteiger partial charge in [-0.15, -0.1) is 0 Å². The molecule has 1 fully saturated rings. The summed E-state index contributed by atoms with van der Waals surface area (Å²) < 4.78 is 5.82. The normalized spacial score (nSPS) is 15.4. The molecule has 0 bridgehead atoms. The Morgan fingerprint density at radius 2 is 1.77 bits per heavy atom. The lowest BCUT2D eigenvalue weighted by Gasteiger charge is -2.17. The summed E-state index contributed by atoms with van der Waals surface area (Å²) in [5.74, 6) is 1.85. The maximum Gasteiger partial charge on any atom is 0.119 e. The van der Waals surface area contributed by atoms with Gasteiger partial charge in [0.1, 0.15) is 5.75 Å². The largest absolute Gasteiger partial charge is 0.494 e. The zero-order valence-corrected chi connectivity index (χ0v) is 14.3. The smallest absolute Gasteiger partial charge is 0.119 e. The van der Waals surface area contributed by atoms with Crippen LogP contribution in [0.2, 0.25) is 0 Å². The van der Waals surface area contributed by atoms with E-state index < -0.39 is 0 Å². The first-order valence-electron chi connectivity index (χ1n) is 9.01. The fourth-order valence-corrected chi connectivity index (χ4v) is 3.16. The third-order valence-electron chi connectivity index (χ3n) is 4.71. The van der Waals surface area contributed by atoms with Crippen LogP contribution in [0.1, 0.15) is 46.0 Å². The summed E-state index contributed by atoms with van der Waals surface area (Å²) in [7, 11) is 0. The minimum Gasteiger partial charge on any atom is -0.494 e. The van der Waals surface area contributed by atoms with Gasteiger partial charge in [-0.05, 0) is 62.5 Å². The van der Waals surface area contributed by atoms with E-state index >= 15 is 0 Å². The quantitative estimate of drug-likeness (QED) is 0.648. The van der Waals surface area contributed by atoms with Crippen molar-refractivity contribution >= 4 is 5.69 Å². The number of hydrogen-bond donors (Lipinski definition) is 1. The molecule has 0 aromatic heterocycles. The Balaban J connectivity index is 1.63. The molecule has 1 aromatic rings. The van der Waals surface area contributed by atoms with Gasteiger partial charge in [0.15, 0.2) is 0 Å². The molecule has 0 aliphatic heterocycles. The van der Waals surface area contributed by atoms with Gasteiger partial charge in [-0.1, -0.05) is 26.7 Å². The van der Waals surface area contributed by atoms with Crippen LogP contribution in [-0.2, 0) is 0 Å². The number of hydrogen-bond acceptors (Lipinski definition) is 3. The molecule has 1 aliphatic carbocycles. The summed E-state index contributed by atoms with van der Waals surface area (Å²) >= 11 is 0. The summed E-state index contributed by atoms with van der Waals surface area (Å²) in [4.78, 5) is 2.43. The van der Waals surface area contributed by atoms with E-state index in [9.17, 15) is 0 Å². The van der Waals surface area contributed by atoms with E-state index in [2.05, 4.69) is 48.3 Å². The summed E-state index contributed by atoms with van der Waals surface area (Å²) in [6, 6.07) is 8.42. The lowest BCUT2D eigenvalue weighted by molar-refractivity contribution is 0.249. The van der Waals surface area contributed by atoms with Crippen LogP contribution in [0.5, 0.6) is 5.75 Å². The molecule has 0 unspecified atom stereocenters. The molecular weight excluding hydrogens is 272 g/mol. The highest BCUT2D eigenvalue weighted by Gasteiger charge is 2.14. The van der Waals surface area contributed by atoms with Gasteiger partial charge in [-0.25, -0.2) is 0 Å². The molecule has 0 amide bonds. The minimum absolute atomic E-state index is 0.797. The summed E-state index contributed by atoms with van der Waals surface area (Å²) in [5.41, 5.74) is 1.21. The van der Waals surface area contributed by atoms with Gasteiger partial charge in [-0.2, -0.15) is 0 Å². The number of anilines is 1. The lowest BCUT2D eigenvalue weighted by Crippen LogP contribution is -2.25. The zero-order chi connectivity index (χ0) is 15.6. The maximum atomic E-state index is 5.82. The van der Waals surface area contributed by atoms with Crippen LogP contribution in [0, 0.1) is 5.92 Å². The average Bonchev–Trinajstić information content (AvgIpc) is 3.08. The summed E-state index contributed by atoms with van der Waals surface area (Å²) in [6.07, 6.45) is 6.68. The highest BCUT2D eigenvalue weighted by atomic mass is 16.5. The molecule has 22 heavy (non-hydrogen) atoms. The van der Waals surface area contributed by atoms with Crippen molar-refractivity contribution < 1.29 is 4.74 Å². The van der Waals surface area contributed by atoms with Crippen molar-refractivity contribution in [3.8, 4) is 5.75 Å². The first kappa shape index (κ1) is 17.1. The van der Waals surface area contributed by atoms with Crippen molar-refractivity contribution in [1.82, 2.24) is 4.90 Å². The summed E-state index contributed by atoms with van der Waals surface area (Å²) in [5, 5.41) is 3.55. The molecule has 3 heteroatoms. The third-order valence-corrected chi connectivity index (χ3v) is 4.71. The number of ether oxygens (including phenoxy) is 1. The average molecular weight is 304 g/mol. The van der Waals surface area contributed by atoms with E-state index in [0.29, 0.717) is 0 Å². The molecule has 3 nitrogen and oxygen atoms in total. The Bertz CT molecular complexity index is 394. The fourth-order valence-electron chi connectivity index (χ4n) is 3.16.